The van der Waals surface area contributed by atoms with E-state index in [9.17, 15) is 5.11 Å². The lowest BCUT2D eigenvalue weighted by Gasteiger charge is -2.13. The summed E-state index contributed by atoms with van der Waals surface area (Å²) in [5.74, 6) is 1.33. The Morgan fingerprint density at radius 1 is 1.41 bits per heavy atom. The van der Waals surface area contributed by atoms with Crippen molar-refractivity contribution in [2.75, 3.05) is 0 Å². The normalized spacial score (nSPS) is 12.4. The van der Waals surface area contributed by atoms with Crippen molar-refractivity contribution in [3.63, 3.8) is 0 Å². The summed E-state index contributed by atoms with van der Waals surface area (Å²) in [7, 11) is 0. The van der Waals surface area contributed by atoms with Gasteiger partial charge in [-0.05, 0) is 25.5 Å². The van der Waals surface area contributed by atoms with Crippen LogP contribution in [0.3, 0.4) is 0 Å². The largest absolute Gasteiger partial charge is 0.485 e. The van der Waals surface area contributed by atoms with Crippen LogP contribution in [0.1, 0.15) is 29.9 Å². The van der Waals surface area contributed by atoms with Gasteiger partial charge < -0.3 is 14.4 Å². The maximum absolute atomic E-state index is 9.64. The summed E-state index contributed by atoms with van der Waals surface area (Å²) in [6, 6.07) is 7.47. The number of aryl methyl sites for hydroxylation is 1. The molecule has 1 heterocycles. The highest BCUT2D eigenvalue weighted by Gasteiger charge is 2.10. The van der Waals surface area contributed by atoms with Gasteiger partial charge in [-0.2, -0.15) is 0 Å². The molecule has 0 aliphatic heterocycles. The van der Waals surface area contributed by atoms with E-state index in [4.69, 9.17) is 9.26 Å². The number of rotatable bonds is 4. The fourth-order valence-corrected chi connectivity index (χ4v) is 1.58. The fraction of sp³-hybridized carbons (Fsp3) is 0.308. The second-order valence-electron chi connectivity index (χ2n) is 3.98. The molecule has 0 fully saturated rings. The highest BCUT2D eigenvalue weighted by Crippen LogP contribution is 2.26. The molecule has 0 amide bonds. The second kappa shape index (κ2) is 5.01. The minimum Gasteiger partial charge on any atom is -0.485 e. The average molecular weight is 233 g/mol. The van der Waals surface area contributed by atoms with Gasteiger partial charge in [-0.3, -0.25) is 0 Å². The topological polar surface area (TPSA) is 55.5 Å². The van der Waals surface area contributed by atoms with Gasteiger partial charge in [0.25, 0.3) is 0 Å². The standard InChI is InChI=1S/C13H15NO3/c1-9-3-4-12(10(2)15)13(7-9)16-8-11-5-6-14-17-11/h3-7,10,15H,8H2,1-2H3/t10-/m1/s1. The van der Waals surface area contributed by atoms with E-state index in [0.29, 0.717) is 18.1 Å². The predicted octanol–water partition coefficient (Wildman–Crippen LogP) is 2.62. The lowest BCUT2D eigenvalue weighted by Crippen LogP contribution is -2.00. The minimum absolute atomic E-state index is 0.309. The molecule has 0 spiro atoms. The van der Waals surface area contributed by atoms with E-state index < -0.39 is 6.10 Å². The number of nitrogens with zero attached hydrogens (tertiary/aromatic N) is 1. The molecule has 0 radical (unpaired) electrons. The number of aliphatic hydroxyl groups is 1. The smallest absolute Gasteiger partial charge is 0.174 e. The third kappa shape index (κ3) is 2.85. The first kappa shape index (κ1) is 11.7. The van der Waals surface area contributed by atoms with E-state index >= 15 is 0 Å². The first-order valence-electron chi connectivity index (χ1n) is 5.48. The van der Waals surface area contributed by atoms with Gasteiger partial charge in [0.15, 0.2) is 5.76 Å². The van der Waals surface area contributed by atoms with E-state index in [2.05, 4.69) is 5.16 Å². The predicted molar refractivity (Wildman–Crippen MR) is 62.6 cm³/mol. The molecule has 0 unspecified atom stereocenters. The van der Waals surface area contributed by atoms with Gasteiger partial charge in [-0.1, -0.05) is 17.3 Å². The molecule has 0 saturated heterocycles. The third-order valence-electron chi connectivity index (χ3n) is 2.48. The zero-order valence-corrected chi connectivity index (χ0v) is 9.88. The minimum atomic E-state index is -0.555. The van der Waals surface area contributed by atoms with Crippen LogP contribution < -0.4 is 4.74 Å². The molecule has 4 nitrogen and oxygen atoms in total. The maximum Gasteiger partial charge on any atom is 0.174 e. The summed E-state index contributed by atoms with van der Waals surface area (Å²) >= 11 is 0. The van der Waals surface area contributed by atoms with Crippen LogP contribution in [-0.4, -0.2) is 10.3 Å². The first-order valence-corrected chi connectivity index (χ1v) is 5.48. The van der Waals surface area contributed by atoms with Gasteiger partial charge in [-0.15, -0.1) is 0 Å². The Morgan fingerprint density at radius 3 is 2.88 bits per heavy atom. The number of hydrogen-bond acceptors (Lipinski definition) is 4. The van der Waals surface area contributed by atoms with Gasteiger partial charge in [-0.25, -0.2) is 0 Å². The lowest BCUT2D eigenvalue weighted by atomic mass is 10.1. The molecule has 4 heteroatoms. The van der Waals surface area contributed by atoms with Crippen molar-refractivity contribution in [1.29, 1.82) is 0 Å². The molecule has 1 N–H and O–H groups in total. The van der Waals surface area contributed by atoms with Crippen molar-refractivity contribution in [3.8, 4) is 5.75 Å². The number of aromatic nitrogens is 1. The Morgan fingerprint density at radius 2 is 2.24 bits per heavy atom. The Balaban J connectivity index is 2.16. The van der Waals surface area contributed by atoms with Crippen molar-refractivity contribution >= 4 is 0 Å². The molecule has 2 aromatic rings. The number of aliphatic hydroxyl groups excluding tert-OH is 1. The van der Waals surface area contributed by atoms with E-state index in [-0.39, 0.29) is 0 Å². The summed E-state index contributed by atoms with van der Waals surface area (Å²) in [5.41, 5.74) is 1.86. The molecule has 0 saturated carbocycles. The highest BCUT2D eigenvalue weighted by atomic mass is 16.5. The fourth-order valence-electron chi connectivity index (χ4n) is 1.58. The van der Waals surface area contributed by atoms with E-state index in [1.54, 1.807) is 19.2 Å². The number of ether oxygens (including phenoxy) is 1. The van der Waals surface area contributed by atoms with Crippen molar-refractivity contribution in [2.24, 2.45) is 0 Å². The summed E-state index contributed by atoms with van der Waals surface area (Å²) in [6.45, 7) is 4.00. The maximum atomic E-state index is 9.64. The molecule has 17 heavy (non-hydrogen) atoms. The van der Waals surface area contributed by atoms with Crippen LogP contribution in [0.5, 0.6) is 5.75 Å². The van der Waals surface area contributed by atoms with Crippen LogP contribution in [0.4, 0.5) is 0 Å². The highest BCUT2D eigenvalue weighted by molar-refractivity contribution is 5.38. The molecule has 0 bridgehead atoms. The van der Waals surface area contributed by atoms with Crippen LogP contribution in [0, 0.1) is 6.92 Å². The van der Waals surface area contributed by atoms with Crippen LogP contribution in [0.25, 0.3) is 0 Å². The molecule has 0 aliphatic carbocycles. The van der Waals surface area contributed by atoms with Crippen molar-refractivity contribution in [1.82, 2.24) is 5.16 Å². The van der Waals surface area contributed by atoms with E-state index in [1.807, 2.05) is 25.1 Å². The van der Waals surface area contributed by atoms with Gasteiger partial charge >= 0.3 is 0 Å². The Bertz CT molecular complexity index is 477. The quantitative estimate of drug-likeness (QED) is 0.881. The van der Waals surface area contributed by atoms with Gasteiger partial charge in [0.2, 0.25) is 0 Å². The summed E-state index contributed by atoms with van der Waals surface area (Å²) < 4.78 is 10.6. The first-order chi connectivity index (χ1) is 8.16. The number of benzene rings is 1. The average Bonchev–Trinajstić information content (AvgIpc) is 2.78. The monoisotopic (exact) mass is 233 g/mol. The molecular formula is C13H15NO3. The summed E-state index contributed by atoms with van der Waals surface area (Å²) in [4.78, 5) is 0. The SMILES string of the molecule is Cc1ccc([C@@H](C)O)c(OCc2ccno2)c1. The number of hydrogen-bond donors (Lipinski definition) is 1. The Hall–Kier alpha value is -1.81. The van der Waals surface area contributed by atoms with Gasteiger partial charge in [0.05, 0.1) is 12.3 Å². The zero-order chi connectivity index (χ0) is 12.3. The second-order valence-corrected chi connectivity index (χ2v) is 3.98. The van der Waals surface area contributed by atoms with E-state index in [1.165, 1.54) is 0 Å². The van der Waals surface area contributed by atoms with Crippen molar-refractivity contribution in [2.45, 2.75) is 26.6 Å². The lowest BCUT2D eigenvalue weighted by molar-refractivity contribution is 0.186. The molecule has 1 aromatic carbocycles. The van der Waals surface area contributed by atoms with Crippen molar-refractivity contribution in [3.05, 3.63) is 47.3 Å². The Kier molecular flexibility index (Phi) is 3.44. The molecule has 1 aromatic heterocycles. The van der Waals surface area contributed by atoms with Gasteiger partial charge in [0, 0.05) is 11.6 Å². The van der Waals surface area contributed by atoms with Crippen LogP contribution in [-0.2, 0) is 6.61 Å². The summed E-state index contributed by atoms with van der Waals surface area (Å²) in [6.07, 6.45) is 1.02. The third-order valence-corrected chi connectivity index (χ3v) is 2.48. The molecule has 2 rings (SSSR count). The molecule has 1 atom stereocenters. The summed E-state index contributed by atoms with van der Waals surface area (Å²) in [5, 5.41) is 13.2. The Labute approximate surface area is 99.8 Å². The molecular weight excluding hydrogens is 218 g/mol. The molecule has 0 aliphatic rings. The van der Waals surface area contributed by atoms with Crippen LogP contribution >= 0.6 is 0 Å². The van der Waals surface area contributed by atoms with Crippen LogP contribution in [0.2, 0.25) is 0 Å². The van der Waals surface area contributed by atoms with Crippen molar-refractivity contribution < 1.29 is 14.4 Å². The zero-order valence-electron chi connectivity index (χ0n) is 9.88. The van der Waals surface area contributed by atoms with E-state index in [0.717, 1.165) is 11.1 Å². The van der Waals surface area contributed by atoms with Crippen LogP contribution in [0.15, 0.2) is 35.0 Å². The molecule has 90 valence electrons. The van der Waals surface area contributed by atoms with Gasteiger partial charge in [0.1, 0.15) is 12.4 Å².